The molecule has 1 nitrogen and oxygen atoms in total. The predicted octanol–water partition coefficient (Wildman–Crippen LogP) is -0.413. The van der Waals surface area contributed by atoms with Crippen molar-refractivity contribution >= 4 is 31.1 Å². The summed E-state index contributed by atoms with van der Waals surface area (Å²) in [6.45, 7) is 6.17. The average Bonchev–Trinajstić information content (AvgIpc) is 1.71. The summed E-state index contributed by atoms with van der Waals surface area (Å²) in [6.07, 6.45) is 0. The van der Waals surface area contributed by atoms with Crippen LogP contribution in [0.1, 0.15) is 20.8 Å². The molecule has 0 aliphatic carbocycles. The third kappa shape index (κ3) is 15.9. The lowest BCUT2D eigenvalue weighted by Crippen LogP contribution is -2.16. The average molecular weight is 171 g/mol. The molecule has 0 radical (unpaired) electrons. The first-order chi connectivity index (χ1) is 3.56. The molecule has 8 heavy (non-hydrogen) atoms. The number of hydrogen-bond donors (Lipinski definition) is 0. The van der Waals surface area contributed by atoms with E-state index in [1.54, 1.807) is 0 Å². The van der Waals surface area contributed by atoms with Crippen molar-refractivity contribution in [1.29, 1.82) is 0 Å². The lowest BCUT2D eigenvalue weighted by Gasteiger charge is -2.15. The Morgan fingerprint density at radius 2 is 1.38 bits per heavy atom. The van der Waals surface area contributed by atoms with Crippen molar-refractivity contribution in [2.24, 2.45) is 0 Å². The summed E-state index contributed by atoms with van der Waals surface area (Å²) >= 11 is 4.78. The zero-order chi connectivity index (χ0) is 7.21. The van der Waals surface area contributed by atoms with Crippen LogP contribution < -0.4 is 0 Å². The molecule has 0 spiro atoms. The minimum atomic E-state index is 0.103. The second-order valence-electron chi connectivity index (χ2n) is 2.32. The highest BCUT2D eigenvalue weighted by Crippen LogP contribution is 2.01. The molecule has 0 saturated heterocycles. The summed E-state index contributed by atoms with van der Waals surface area (Å²) in [7, 11) is 1.63. The van der Waals surface area contributed by atoms with Crippen molar-refractivity contribution in [3.63, 3.8) is 0 Å². The molecule has 0 aliphatic heterocycles. The highest BCUT2D eigenvalue weighted by Gasteiger charge is 2.03. The Hall–Kier alpha value is 0.684. The SMILES string of the molecule is CC(C)(C)O[SiH3].[SiH3]Cl. The molecule has 0 aliphatic rings. The van der Waals surface area contributed by atoms with Crippen LogP contribution in [0.15, 0.2) is 0 Å². The third-order valence-corrected chi connectivity index (χ3v) is 1.84. The van der Waals surface area contributed by atoms with Crippen LogP contribution in [0.4, 0.5) is 0 Å². The molecule has 0 N–H and O–H groups in total. The zero-order valence-electron chi connectivity index (χ0n) is 6.29. The smallest absolute Gasteiger partial charge is 0.146 e. The van der Waals surface area contributed by atoms with E-state index >= 15 is 0 Å². The first-order valence-electron chi connectivity index (χ1n) is 2.49. The van der Waals surface area contributed by atoms with Gasteiger partial charge in [-0.1, -0.05) is 0 Å². The first kappa shape index (κ1) is 11.5. The Labute approximate surface area is 62.4 Å². The molecule has 0 unspecified atom stereocenters. The summed E-state index contributed by atoms with van der Waals surface area (Å²) in [5.74, 6) is 0. The number of hydrogen-bond acceptors (Lipinski definition) is 1. The molecule has 52 valence electrons. The Morgan fingerprint density at radius 1 is 1.25 bits per heavy atom. The van der Waals surface area contributed by atoms with Crippen molar-refractivity contribution < 1.29 is 4.43 Å². The van der Waals surface area contributed by atoms with E-state index in [-0.39, 0.29) is 5.60 Å². The fraction of sp³-hybridized carbons (Fsp3) is 1.00. The lowest BCUT2D eigenvalue weighted by molar-refractivity contribution is 0.147. The Morgan fingerprint density at radius 3 is 1.38 bits per heavy atom. The van der Waals surface area contributed by atoms with Crippen molar-refractivity contribution in [3.05, 3.63) is 0 Å². The van der Waals surface area contributed by atoms with Crippen LogP contribution in [0.25, 0.3) is 0 Å². The molecule has 0 rings (SSSR count). The standard InChI is InChI=1S/C4H12OSi.ClH3Si/c1-4(2,3)5-6;1-2/h1-3,6H3;2H3. The van der Waals surface area contributed by atoms with Gasteiger partial charge in [-0.3, -0.25) is 0 Å². The van der Waals surface area contributed by atoms with Gasteiger partial charge in [0.1, 0.15) is 20.0 Å². The number of halogens is 1. The van der Waals surface area contributed by atoms with Gasteiger partial charge in [-0.15, -0.1) is 0 Å². The molecule has 0 fully saturated rings. The van der Waals surface area contributed by atoms with Crippen molar-refractivity contribution in [2.45, 2.75) is 26.4 Å². The highest BCUT2D eigenvalue weighted by atomic mass is 35.6. The van der Waals surface area contributed by atoms with Crippen LogP contribution in [0.3, 0.4) is 0 Å². The topological polar surface area (TPSA) is 9.23 Å². The van der Waals surface area contributed by atoms with Crippen LogP contribution in [0, 0.1) is 0 Å². The van der Waals surface area contributed by atoms with Gasteiger partial charge in [0.15, 0.2) is 0 Å². The van der Waals surface area contributed by atoms with Crippen LogP contribution >= 0.6 is 11.1 Å². The Balaban J connectivity index is 0. The molecule has 0 aromatic rings. The zero-order valence-corrected chi connectivity index (χ0v) is 11.0. The summed E-state index contributed by atoms with van der Waals surface area (Å²) < 4.78 is 5.08. The van der Waals surface area contributed by atoms with E-state index in [1.165, 1.54) is 0 Å². The molecule has 0 heterocycles. The van der Waals surface area contributed by atoms with E-state index in [9.17, 15) is 0 Å². The Bertz CT molecular complexity index is 43.8. The third-order valence-electron chi connectivity index (χ3n) is 0.612. The monoisotopic (exact) mass is 170 g/mol. The molecular formula is C4H15ClOSi2. The first-order valence-corrected chi connectivity index (χ1v) is 6.33. The fourth-order valence-electron chi connectivity index (χ4n) is 0. The molecule has 0 aromatic carbocycles. The normalized spacial score (nSPS) is 10.5. The summed E-state index contributed by atoms with van der Waals surface area (Å²) in [4.78, 5) is 0. The molecular weight excluding hydrogens is 156 g/mol. The second-order valence-corrected chi connectivity index (χ2v) is 2.72. The fourth-order valence-corrected chi connectivity index (χ4v) is 0. The molecule has 4 heteroatoms. The van der Waals surface area contributed by atoms with Gasteiger partial charge in [0, 0.05) is 5.60 Å². The van der Waals surface area contributed by atoms with Crippen molar-refractivity contribution in [3.8, 4) is 0 Å². The van der Waals surface area contributed by atoms with Crippen molar-refractivity contribution in [1.82, 2.24) is 0 Å². The van der Waals surface area contributed by atoms with Crippen LogP contribution in [0.5, 0.6) is 0 Å². The largest absolute Gasteiger partial charge is 0.423 e. The van der Waals surface area contributed by atoms with Crippen LogP contribution in [-0.2, 0) is 4.43 Å². The lowest BCUT2D eigenvalue weighted by atomic mass is 10.2. The van der Waals surface area contributed by atoms with E-state index in [0.29, 0.717) is 0 Å². The molecule has 0 aromatic heterocycles. The second kappa shape index (κ2) is 5.81. The van der Waals surface area contributed by atoms with Gasteiger partial charge < -0.3 is 4.43 Å². The van der Waals surface area contributed by atoms with Gasteiger partial charge in [-0.05, 0) is 20.8 Å². The maximum Gasteiger partial charge on any atom is 0.146 e. The van der Waals surface area contributed by atoms with E-state index in [4.69, 9.17) is 15.5 Å². The molecule has 0 saturated carbocycles. The van der Waals surface area contributed by atoms with E-state index < -0.39 is 0 Å². The van der Waals surface area contributed by atoms with E-state index in [2.05, 4.69) is 20.8 Å². The van der Waals surface area contributed by atoms with Crippen LogP contribution in [0.2, 0.25) is 0 Å². The van der Waals surface area contributed by atoms with Gasteiger partial charge in [-0.2, -0.15) is 11.1 Å². The summed E-state index contributed by atoms with van der Waals surface area (Å²) in [5, 5.41) is 0. The minimum Gasteiger partial charge on any atom is -0.423 e. The van der Waals surface area contributed by atoms with Crippen LogP contribution in [-0.4, -0.2) is 25.6 Å². The summed E-state index contributed by atoms with van der Waals surface area (Å²) in [6, 6.07) is 0. The quantitative estimate of drug-likeness (QED) is 0.355. The Kier molecular flexibility index (Phi) is 8.34. The maximum absolute atomic E-state index is 5.08. The van der Waals surface area contributed by atoms with Gasteiger partial charge >= 0.3 is 0 Å². The predicted molar refractivity (Wildman–Crippen MR) is 46.6 cm³/mol. The van der Waals surface area contributed by atoms with Crippen molar-refractivity contribution in [2.75, 3.05) is 0 Å². The van der Waals surface area contributed by atoms with Gasteiger partial charge in [0.05, 0.1) is 0 Å². The van der Waals surface area contributed by atoms with E-state index in [0.717, 1.165) is 20.0 Å². The van der Waals surface area contributed by atoms with Gasteiger partial charge in [-0.25, -0.2) is 0 Å². The molecule has 0 atom stereocenters. The molecule has 0 amide bonds. The minimum absolute atomic E-state index is 0.103. The maximum atomic E-state index is 5.08. The van der Waals surface area contributed by atoms with E-state index in [1.807, 2.05) is 0 Å². The highest BCUT2D eigenvalue weighted by molar-refractivity contribution is 6.80. The number of rotatable bonds is 0. The molecule has 0 bridgehead atoms. The van der Waals surface area contributed by atoms with Gasteiger partial charge in [0.25, 0.3) is 0 Å². The summed E-state index contributed by atoms with van der Waals surface area (Å²) in [5.41, 5.74) is 0.103. The van der Waals surface area contributed by atoms with Gasteiger partial charge in [0.2, 0.25) is 0 Å².